The van der Waals surface area contributed by atoms with Crippen molar-refractivity contribution < 1.29 is 23.5 Å². The van der Waals surface area contributed by atoms with E-state index in [2.05, 4.69) is 67.7 Å². The number of allylic oxidation sites excluding steroid dienone is 2. The van der Waals surface area contributed by atoms with Crippen molar-refractivity contribution in [2.75, 3.05) is 13.2 Å². The summed E-state index contributed by atoms with van der Waals surface area (Å²) in [4.78, 5) is 12.1. The van der Waals surface area contributed by atoms with Gasteiger partial charge in [-0.2, -0.15) is 0 Å². The third-order valence-corrected chi connectivity index (χ3v) is 15.5. The minimum atomic E-state index is -1.97. The Labute approximate surface area is 185 Å². The van der Waals surface area contributed by atoms with Crippen LogP contribution in [0.15, 0.2) is 36.0 Å². The molecule has 0 saturated carbocycles. The van der Waals surface area contributed by atoms with Crippen LogP contribution in [0.3, 0.4) is 0 Å². The van der Waals surface area contributed by atoms with Crippen LogP contribution < -0.4 is 0 Å². The fourth-order valence-electron chi connectivity index (χ4n) is 2.16. The zero-order valence-corrected chi connectivity index (χ0v) is 22.5. The molecule has 5 nitrogen and oxygen atoms in total. The fraction of sp³-hybridized carbons (Fsp3) is 0.696. The summed E-state index contributed by atoms with van der Waals surface area (Å²) >= 11 is 0. The van der Waals surface area contributed by atoms with Crippen LogP contribution in [0.5, 0.6) is 0 Å². The summed E-state index contributed by atoms with van der Waals surface area (Å²) in [6.45, 7) is 22.5. The number of ether oxygens (including phenoxy) is 1. The number of carbonyl (C=O) groups excluding carboxylic acids is 1. The molecule has 0 unspecified atom stereocenters. The molecule has 1 aliphatic rings. The van der Waals surface area contributed by atoms with Gasteiger partial charge in [0.2, 0.25) is 0 Å². The first-order valence-electron chi connectivity index (χ1n) is 10.7. The Kier molecular flexibility index (Phi) is 9.09. The molecule has 0 aromatic rings. The first-order chi connectivity index (χ1) is 13.5. The molecule has 0 amide bonds. The summed E-state index contributed by atoms with van der Waals surface area (Å²) < 4.78 is 17.4. The highest BCUT2D eigenvalue weighted by Crippen LogP contribution is 2.37. The Morgan fingerprint density at radius 1 is 1.03 bits per heavy atom. The molecular formula is C23H42O5Si2. The van der Waals surface area contributed by atoms with Gasteiger partial charge in [-0.05, 0) is 48.4 Å². The minimum absolute atomic E-state index is 0.0590. The van der Waals surface area contributed by atoms with E-state index < -0.39 is 34.8 Å². The normalized spacial score (nSPS) is 20.2. The summed E-state index contributed by atoms with van der Waals surface area (Å²) in [6.07, 6.45) is 7.42. The maximum absolute atomic E-state index is 12.1. The van der Waals surface area contributed by atoms with E-state index in [9.17, 15) is 9.90 Å². The lowest BCUT2D eigenvalue weighted by Gasteiger charge is -2.37. The number of aliphatic hydroxyl groups excluding tert-OH is 1. The van der Waals surface area contributed by atoms with Crippen LogP contribution in [0.1, 0.15) is 41.5 Å². The molecule has 0 bridgehead atoms. The van der Waals surface area contributed by atoms with Crippen molar-refractivity contribution in [3.8, 4) is 0 Å². The van der Waals surface area contributed by atoms with E-state index in [-0.39, 0.29) is 16.7 Å². The second-order valence-corrected chi connectivity index (χ2v) is 20.6. The SMILES string of the molecule is CC(C)(C)[Si](C)(C)OC/C=C/C=C/C1=C[C@@H]([C@H](O)CO[Si](C)(C)C(C)(C)C)OC1=O. The van der Waals surface area contributed by atoms with Gasteiger partial charge >= 0.3 is 5.97 Å². The maximum Gasteiger partial charge on any atom is 0.338 e. The molecular weight excluding hydrogens is 412 g/mol. The summed E-state index contributed by atoms with van der Waals surface area (Å²) in [5.74, 6) is -0.423. The van der Waals surface area contributed by atoms with Crippen LogP contribution in [0.25, 0.3) is 0 Å². The van der Waals surface area contributed by atoms with Gasteiger partial charge in [0.05, 0.1) is 18.8 Å². The Morgan fingerprint density at radius 3 is 2.10 bits per heavy atom. The second kappa shape index (κ2) is 10.1. The molecule has 0 saturated heterocycles. The van der Waals surface area contributed by atoms with E-state index in [1.54, 1.807) is 18.2 Å². The fourth-order valence-corrected chi connectivity index (χ4v) is 4.12. The molecule has 7 heteroatoms. The molecule has 1 rings (SSSR count). The molecule has 1 N–H and O–H groups in total. The molecule has 0 fully saturated rings. The zero-order valence-electron chi connectivity index (χ0n) is 20.5. The molecule has 2 atom stereocenters. The summed E-state index contributed by atoms with van der Waals surface area (Å²) in [6, 6.07) is 0. The van der Waals surface area contributed by atoms with Crippen molar-refractivity contribution in [1.82, 2.24) is 0 Å². The standard InChI is InChI=1S/C23H42O5Si2/c1-22(2,3)29(7,8)26-15-13-11-12-14-18-16-20(28-21(18)25)19(24)17-27-30(9,10)23(4,5)6/h11-14,16,19-20,24H,15,17H2,1-10H3/b13-11+,14-12+/t19-,20+/m1/s1. The quantitative estimate of drug-likeness (QED) is 0.289. The van der Waals surface area contributed by atoms with E-state index in [0.717, 1.165) is 0 Å². The van der Waals surface area contributed by atoms with Gasteiger partial charge in [0.1, 0.15) is 12.2 Å². The van der Waals surface area contributed by atoms with E-state index >= 15 is 0 Å². The Hall–Kier alpha value is -0.996. The summed E-state index contributed by atoms with van der Waals surface area (Å²) in [5.41, 5.74) is 0.446. The predicted octanol–water partition coefficient (Wildman–Crippen LogP) is 5.36. The minimum Gasteiger partial charge on any atom is -0.452 e. The molecule has 172 valence electrons. The van der Waals surface area contributed by atoms with Crippen molar-refractivity contribution in [2.45, 2.75) is 90.0 Å². The first kappa shape index (κ1) is 27.0. The first-order valence-corrected chi connectivity index (χ1v) is 16.5. The van der Waals surface area contributed by atoms with Gasteiger partial charge < -0.3 is 18.7 Å². The number of cyclic esters (lactones) is 1. The average Bonchev–Trinajstić information content (AvgIpc) is 2.94. The van der Waals surface area contributed by atoms with Gasteiger partial charge in [0, 0.05) is 0 Å². The molecule has 0 radical (unpaired) electrons. The number of carbonyl (C=O) groups is 1. The number of aliphatic hydroxyl groups is 1. The monoisotopic (exact) mass is 454 g/mol. The molecule has 30 heavy (non-hydrogen) atoms. The number of hydrogen-bond acceptors (Lipinski definition) is 5. The van der Waals surface area contributed by atoms with Gasteiger partial charge in [-0.1, -0.05) is 59.8 Å². The lowest BCUT2D eigenvalue weighted by atomic mass is 10.1. The lowest BCUT2D eigenvalue weighted by Crippen LogP contribution is -2.44. The van der Waals surface area contributed by atoms with Crippen LogP contribution in [0, 0.1) is 0 Å². The Morgan fingerprint density at radius 2 is 1.57 bits per heavy atom. The van der Waals surface area contributed by atoms with Crippen LogP contribution in [-0.4, -0.2) is 53.1 Å². The third kappa shape index (κ3) is 7.60. The van der Waals surface area contributed by atoms with Crippen LogP contribution in [-0.2, 0) is 18.4 Å². The van der Waals surface area contributed by atoms with Gasteiger partial charge in [0.25, 0.3) is 0 Å². The Bertz CT molecular complexity index is 679. The largest absolute Gasteiger partial charge is 0.452 e. The van der Waals surface area contributed by atoms with E-state index in [4.69, 9.17) is 13.6 Å². The predicted molar refractivity (Wildman–Crippen MR) is 129 cm³/mol. The van der Waals surface area contributed by atoms with Gasteiger partial charge in [-0.15, -0.1) is 0 Å². The van der Waals surface area contributed by atoms with Gasteiger partial charge in [-0.25, -0.2) is 4.79 Å². The highest BCUT2D eigenvalue weighted by atomic mass is 28.4. The average molecular weight is 455 g/mol. The molecule has 0 aromatic heterocycles. The lowest BCUT2D eigenvalue weighted by molar-refractivity contribution is -0.144. The van der Waals surface area contributed by atoms with Crippen LogP contribution in [0.4, 0.5) is 0 Å². The topological polar surface area (TPSA) is 65.0 Å². The number of esters is 1. The van der Waals surface area contributed by atoms with Crippen molar-refractivity contribution in [3.63, 3.8) is 0 Å². The highest BCUT2D eigenvalue weighted by molar-refractivity contribution is 6.74. The Balaban J connectivity index is 2.58. The van der Waals surface area contributed by atoms with Crippen molar-refractivity contribution in [1.29, 1.82) is 0 Å². The number of hydrogen-bond donors (Lipinski definition) is 1. The van der Waals surface area contributed by atoms with Crippen LogP contribution in [0.2, 0.25) is 36.3 Å². The molecule has 0 aromatic carbocycles. The van der Waals surface area contributed by atoms with E-state index in [1.165, 1.54) is 0 Å². The smallest absolute Gasteiger partial charge is 0.338 e. The maximum atomic E-state index is 12.1. The van der Waals surface area contributed by atoms with Crippen molar-refractivity contribution >= 4 is 22.6 Å². The molecule has 0 spiro atoms. The zero-order chi connectivity index (χ0) is 23.4. The number of rotatable bonds is 9. The summed E-state index contributed by atoms with van der Waals surface area (Å²) in [5, 5.41) is 10.7. The highest BCUT2D eigenvalue weighted by Gasteiger charge is 2.39. The second-order valence-electron chi connectivity index (χ2n) is 11.0. The molecule has 0 aliphatic carbocycles. The van der Waals surface area contributed by atoms with Crippen LogP contribution >= 0.6 is 0 Å². The van der Waals surface area contributed by atoms with Crippen molar-refractivity contribution in [3.05, 3.63) is 36.0 Å². The third-order valence-electron chi connectivity index (χ3n) is 6.49. The van der Waals surface area contributed by atoms with Gasteiger partial charge in [-0.3, -0.25) is 0 Å². The molecule has 1 aliphatic heterocycles. The summed E-state index contributed by atoms with van der Waals surface area (Å²) in [7, 11) is -3.72. The van der Waals surface area contributed by atoms with Gasteiger partial charge in [0.15, 0.2) is 16.6 Å². The van der Waals surface area contributed by atoms with E-state index in [1.807, 2.05) is 12.2 Å². The molecule has 1 heterocycles. The van der Waals surface area contributed by atoms with E-state index in [0.29, 0.717) is 12.2 Å². The van der Waals surface area contributed by atoms with Crippen molar-refractivity contribution in [2.24, 2.45) is 0 Å².